The van der Waals surface area contributed by atoms with Gasteiger partial charge in [0.25, 0.3) is 0 Å². The molecule has 0 unspecified atom stereocenters. The van der Waals surface area contributed by atoms with Crippen LogP contribution >= 0.6 is 0 Å². The molecule has 0 aromatic heterocycles. The Labute approximate surface area is 128 Å². The molecular formula is C15H13F5O3. The smallest absolute Gasteiger partial charge is 0.422 e. The summed E-state index contributed by atoms with van der Waals surface area (Å²) in [5.74, 6) is -6.29. The molecular weight excluding hydrogens is 323 g/mol. The van der Waals surface area contributed by atoms with Crippen LogP contribution in [-0.4, -0.2) is 18.4 Å². The van der Waals surface area contributed by atoms with Crippen LogP contribution < -0.4 is 0 Å². The van der Waals surface area contributed by atoms with Crippen molar-refractivity contribution in [2.45, 2.75) is 26.4 Å². The Kier molecular flexibility index (Phi) is 6.00. The van der Waals surface area contributed by atoms with Gasteiger partial charge in [0.05, 0.1) is 12.2 Å². The van der Waals surface area contributed by atoms with Gasteiger partial charge in [-0.05, 0) is 25.5 Å². The number of rotatable bonds is 5. The molecule has 8 heteroatoms. The molecule has 23 heavy (non-hydrogen) atoms. The summed E-state index contributed by atoms with van der Waals surface area (Å²) in [6.45, 7) is 2.95. The highest BCUT2D eigenvalue weighted by atomic mass is 19.4. The number of carbonyl (C=O) groups is 2. The van der Waals surface area contributed by atoms with Gasteiger partial charge in [0.1, 0.15) is 22.8 Å². The maximum absolute atomic E-state index is 14.0. The quantitative estimate of drug-likeness (QED) is 0.203. The lowest BCUT2D eigenvalue weighted by Gasteiger charge is -2.12. The maximum atomic E-state index is 14.0. The zero-order valence-electron chi connectivity index (χ0n) is 12.3. The van der Waals surface area contributed by atoms with Gasteiger partial charge in [0.15, 0.2) is 0 Å². The van der Waals surface area contributed by atoms with Gasteiger partial charge in [-0.15, -0.1) is 0 Å². The van der Waals surface area contributed by atoms with E-state index in [1.165, 1.54) is 6.92 Å². The topological polar surface area (TPSA) is 43.4 Å². The summed E-state index contributed by atoms with van der Waals surface area (Å²) in [6.07, 6.45) is -4.02. The van der Waals surface area contributed by atoms with Crippen molar-refractivity contribution >= 4 is 11.8 Å². The average molecular weight is 336 g/mol. The third kappa shape index (κ3) is 4.14. The lowest BCUT2D eigenvalue weighted by atomic mass is 9.99. The Morgan fingerprint density at radius 1 is 1.17 bits per heavy atom. The molecule has 0 spiro atoms. The first-order chi connectivity index (χ1) is 10.6. The number of hydrogen-bond donors (Lipinski definition) is 0. The Balaban J connectivity index is 3.43. The van der Waals surface area contributed by atoms with Gasteiger partial charge >= 0.3 is 12.1 Å². The molecule has 0 saturated carbocycles. The van der Waals surface area contributed by atoms with Gasteiger partial charge in [0.2, 0.25) is 5.78 Å². The van der Waals surface area contributed by atoms with Crippen molar-refractivity contribution in [3.63, 3.8) is 0 Å². The van der Waals surface area contributed by atoms with Gasteiger partial charge in [-0.2, -0.15) is 13.2 Å². The molecule has 1 aromatic carbocycles. The van der Waals surface area contributed by atoms with Gasteiger partial charge in [-0.25, -0.2) is 13.6 Å². The highest BCUT2D eigenvalue weighted by Gasteiger charge is 2.40. The molecule has 0 aliphatic carbocycles. The highest BCUT2D eigenvalue weighted by Crippen LogP contribution is 2.35. The van der Waals surface area contributed by atoms with Crippen molar-refractivity contribution in [2.24, 2.45) is 0 Å². The van der Waals surface area contributed by atoms with Crippen LogP contribution in [0, 0.1) is 11.6 Å². The predicted molar refractivity (Wildman–Crippen MR) is 70.7 cm³/mol. The minimum Gasteiger partial charge on any atom is -0.462 e. The molecule has 1 rings (SSSR count). The summed E-state index contributed by atoms with van der Waals surface area (Å²) < 4.78 is 69.9. The SMILES string of the molecule is CCC=C(C(=O)OCC)C(=O)c1ccc(F)c(C(F)(F)F)c1F. The van der Waals surface area contributed by atoms with Crippen molar-refractivity contribution in [1.82, 2.24) is 0 Å². The molecule has 0 amide bonds. The van der Waals surface area contributed by atoms with Crippen molar-refractivity contribution in [3.05, 3.63) is 46.5 Å². The Bertz CT molecular complexity index is 647. The average Bonchev–Trinajstić information content (AvgIpc) is 2.43. The second kappa shape index (κ2) is 7.34. The number of ether oxygens (including phenoxy) is 1. The standard InChI is InChI=1S/C15H13F5O3/c1-3-5-9(14(22)23-4-2)13(21)8-6-7-10(16)11(12(8)17)15(18,19)20/h5-7H,3-4H2,1-2H3. The van der Waals surface area contributed by atoms with Crippen molar-refractivity contribution in [1.29, 1.82) is 0 Å². The molecule has 1 aromatic rings. The summed E-state index contributed by atoms with van der Waals surface area (Å²) in [7, 11) is 0. The first-order valence-electron chi connectivity index (χ1n) is 6.62. The second-order valence-corrected chi connectivity index (χ2v) is 4.36. The Morgan fingerprint density at radius 2 is 1.78 bits per heavy atom. The molecule has 0 fully saturated rings. The minimum absolute atomic E-state index is 0.0765. The number of esters is 1. The fraction of sp³-hybridized carbons (Fsp3) is 0.333. The number of halogens is 5. The van der Waals surface area contributed by atoms with Gasteiger partial charge in [-0.1, -0.05) is 13.0 Å². The van der Waals surface area contributed by atoms with Crippen LogP contribution in [0.15, 0.2) is 23.8 Å². The number of allylic oxidation sites excluding steroid dienone is 1. The van der Waals surface area contributed by atoms with Crippen molar-refractivity contribution < 1.29 is 36.3 Å². The number of benzene rings is 1. The summed E-state index contributed by atoms with van der Waals surface area (Å²) in [4.78, 5) is 23.8. The molecule has 0 saturated heterocycles. The maximum Gasteiger partial charge on any atom is 0.422 e. The monoisotopic (exact) mass is 336 g/mol. The normalized spacial score (nSPS) is 12.2. The Morgan fingerprint density at radius 3 is 2.26 bits per heavy atom. The molecule has 0 bridgehead atoms. The molecule has 126 valence electrons. The fourth-order valence-electron chi connectivity index (χ4n) is 1.81. The van der Waals surface area contributed by atoms with E-state index < -0.39 is 46.3 Å². The fourth-order valence-corrected chi connectivity index (χ4v) is 1.81. The van der Waals surface area contributed by atoms with E-state index >= 15 is 0 Å². The molecule has 0 heterocycles. The van der Waals surface area contributed by atoms with E-state index in [-0.39, 0.29) is 13.0 Å². The first-order valence-corrected chi connectivity index (χ1v) is 6.62. The van der Waals surface area contributed by atoms with E-state index in [0.29, 0.717) is 12.1 Å². The molecule has 0 aliphatic heterocycles. The number of hydrogen-bond acceptors (Lipinski definition) is 3. The van der Waals surface area contributed by atoms with E-state index in [2.05, 4.69) is 4.74 Å². The van der Waals surface area contributed by atoms with Crippen LogP contribution in [0.1, 0.15) is 36.2 Å². The van der Waals surface area contributed by atoms with E-state index in [1.54, 1.807) is 6.92 Å². The van der Waals surface area contributed by atoms with Crippen molar-refractivity contribution in [3.8, 4) is 0 Å². The van der Waals surface area contributed by atoms with Crippen LogP contribution in [0.2, 0.25) is 0 Å². The van der Waals surface area contributed by atoms with Crippen LogP contribution in [0.4, 0.5) is 22.0 Å². The largest absolute Gasteiger partial charge is 0.462 e. The number of alkyl halides is 3. The third-order valence-electron chi connectivity index (χ3n) is 2.77. The van der Waals surface area contributed by atoms with E-state index in [0.717, 1.165) is 6.08 Å². The van der Waals surface area contributed by atoms with Crippen molar-refractivity contribution in [2.75, 3.05) is 6.61 Å². The summed E-state index contributed by atoms with van der Waals surface area (Å²) in [5.41, 5.74) is -3.83. The molecule has 3 nitrogen and oxygen atoms in total. The highest BCUT2D eigenvalue weighted by molar-refractivity contribution is 6.24. The van der Waals surface area contributed by atoms with E-state index in [1.807, 2.05) is 0 Å². The first kappa shape index (κ1) is 18.8. The van der Waals surface area contributed by atoms with Gasteiger partial charge in [0, 0.05) is 0 Å². The predicted octanol–water partition coefficient (Wildman–Crippen LogP) is 4.07. The zero-order valence-corrected chi connectivity index (χ0v) is 12.3. The van der Waals surface area contributed by atoms with Crippen LogP contribution in [-0.2, 0) is 15.7 Å². The second-order valence-electron chi connectivity index (χ2n) is 4.36. The lowest BCUT2D eigenvalue weighted by Crippen LogP contribution is -2.20. The summed E-state index contributed by atoms with van der Waals surface area (Å²) >= 11 is 0. The van der Waals surface area contributed by atoms with E-state index in [9.17, 15) is 31.5 Å². The molecule has 0 radical (unpaired) electrons. The number of ketones is 1. The Hall–Kier alpha value is -2.25. The van der Waals surface area contributed by atoms with Crippen LogP contribution in [0.5, 0.6) is 0 Å². The van der Waals surface area contributed by atoms with E-state index in [4.69, 9.17) is 0 Å². The number of carbonyl (C=O) groups excluding carboxylic acids is 2. The molecule has 0 N–H and O–H groups in total. The van der Waals surface area contributed by atoms with Gasteiger partial charge in [-0.3, -0.25) is 4.79 Å². The van der Waals surface area contributed by atoms with Crippen LogP contribution in [0.3, 0.4) is 0 Å². The molecule has 0 aliphatic rings. The zero-order chi connectivity index (χ0) is 17.8. The lowest BCUT2D eigenvalue weighted by molar-refractivity contribution is -0.142. The molecule has 0 atom stereocenters. The van der Waals surface area contributed by atoms with Gasteiger partial charge < -0.3 is 4.74 Å². The van der Waals surface area contributed by atoms with Crippen LogP contribution in [0.25, 0.3) is 0 Å². The number of Topliss-reactive ketones (excluding diaryl/α,β-unsaturated/α-hetero) is 1. The summed E-state index contributed by atoms with van der Waals surface area (Å²) in [6, 6.07) is 0.888. The third-order valence-corrected chi connectivity index (χ3v) is 2.77. The minimum atomic E-state index is -5.32. The summed E-state index contributed by atoms with van der Waals surface area (Å²) in [5, 5.41) is 0.